The number of para-hydroxylation sites is 1. The van der Waals surface area contributed by atoms with Gasteiger partial charge in [0, 0.05) is 60.6 Å². The number of nitrogens with one attached hydrogen (secondary N) is 3. The van der Waals surface area contributed by atoms with Gasteiger partial charge in [0.2, 0.25) is 11.8 Å². The number of nitrogen functional groups attached to an aromatic ring is 1. The molecule has 13 atom stereocenters. The Kier molecular flexibility index (Phi) is 21.7. The van der Waals surface area contributed by atoms with Crippen LogP contribution in [0.4, 0.5) is 5.82 Å². The maximum atomic E-state index is 12.9. The third-order valence-electron chi connectivity index (χ3n) is 12.2. The number of aromatic amines is 1. The predicted molar refractivity (Wildman–Crippen MR) is 270 cm³/mol. The number of phosphoric acid groups is 3. The third kappa shape index (κ3) is 17.6. The number of H-pyrrole nitrogens is 1. The highest BCUT2D eigenvalue weighted by Gasteiger charge is 2.50. The summed E-state index contributed by atoms with van der Waals surface area (Å²) < 4.78 is 79.9. The van der Waals surface area contributed by atoms with Crippen molar-refractivity contribution in [2.75, 3.05) is 37.8 Å². The number of fused-ring (bicyclic) bond motifs is 2. The number of nitrogens with zero attached hydrogens (tertiary/aromatic N) is 4. The lowest BCUT2D eigenvalue weighted by molar-refractivity contribution is -0.273. The first kappa shape index (κ1) is 62.8. The number of benzene rings is 1. The maximum absolute atomic E-state index is 12.9. The molecule has 2 amide bonds. The molecule has 31 nitrogen and oxygen atoms in total. The van der Waals surface area contributed by atoms with Crippen molar-refractivity contribution in [1.82, 2.24) is 35.1 Å². The number of ether oxygens (including phenoxy) is 4. The van der Waals surface area contributed by atoms with Crippen LogP contribution in [0, 0.1) is 5.41 Å². The first-order chi connectivity index (χ1) is 36.5. The molecule has 5 heterocycles. The summed E-state index contributed by atoms with van der Waals surface area (Å²) in [5.74, 6) is -2.02. The van der Waals surface area contributed by atoms with Crippen LogP contribution in [0.2, 0.25) is 0 Å². The first-order valence-electron chi connectivity index (χ1n) is 24.0. The van der Waals surface area contributed by atoms with Crippen molar-refractivity contribution in [1.29, 1.82) is 0 Å². The van der Waals surface area contributed by atoms with Crippen LogP contribution < -0.4 is 16.4 Å². The van der Waals surface area contributed by atoms with Crippen LogP contribution in [0.15, 0.2) is 43.1 Å². The second kappa shape index (κ2) is 26.9. The topological polar surface area (TPSA) is 465 Å². The van der Waals surface area contributed by atoms with Crippen LogP contribution in [-0.4, -0.2) is 181 Å². The number of aromatic nitrogens is 5. The Bertz CT molecular complexity index is 2880. The maximum Gasteiger partial charge on any atom is 0.481 e. The average Bonchev–Trinajstić information content (AvgIpc) is 4.08. The van der Waals surface area contributed by atoms with Crippen molar-refractivity contribution in [2.24, 2.45) is 5.41 Å². The molecule has 0 spiro atoms. The minimum atomic E-state index is -5.62. The van der Waals surface area contributed by atoms with Gasteiger partial charge in [-0.1, -0.05) is 43.8 Å². The second-order valence-corrected chi connectivity index (χ2v) is 24.3. The van der Waals surface area contributed by atoms with Crippen molar-refractivity contribution >= 4 is 86.0 Å². The molecule has 0 saturated carbocycles. The Morgan fingerprint density at radius 1 is 0.987 bits per heavy atom. The lowest BCUT2D eigenvalue weighted by Gasteiger charge is -2.38. The largest absolute Gasteiger partial charge is 0.481 e. The fraction of sp³-hybridized carbons (Fsp3) is 0.605. The molecular weight excluding hydrogens is 1120 g/mol. The SMILES string of the molecule is C[C@H](CC[C@H](O)CC(=O)SCCNC(=O)CCNC(=O)[C@H](O)C(C)(C)COP(=O)(O)OP(=O)(O)OC[C@H]1O[C@@H](n2cnc3c(N)ncnc32)[C@H](O)[C@@H]1OP(=O)(O)O)O[C@@H]1O[C@@H](C)[C@H](OC(=O)c2c[nH]c3ccccc23)C[C@H]1O. The zero-order chi connectivity index (χ0) is 57.3. The highest BCUT2D eigenvalue weighted by atomic mass is 32.2. The van der Waals surface area contributed by atoms with Crippen LogP contribution in [-0.2, 0) is 64.9 Å². The summed E-state index contributed by atoms with van der Waals surface area (Å²) in [5, 5.41) is 48.2. The van der Waals surface area contributed by atoms with Gasteiger partial charge in [-0.15, -0.1) is 0 Å². The molecule has 2 fully saturated rings. The number of anilines is 1. The lowest BCUT2D eigenvalue weighted by Crippen LogP contribution is -2.49. The van der Waals surface area contributed by atoms with E-state index in [9.17, 15) is 72.9 Å². The van der Waals surface area contributed by atoms with E-state index in [2.05, 4.69) is 39.4 Å². The number of aliphatic hydroxyl groups excluding tert-OH is 4. The van der Waals surface area contributed by atoms with Gasteiger partial charge in [0.05, 0.1) is 43.4 Å². The van der Waals surface area contributed by atoms with Gasteiger partial charge in [0.25, 0.3) is 0 Å². The fourth-order valence-corrected chi connectivity index (χ4v) is 11.6. The normalized spacial score (nSPS) is 24.7. The van der Waals surface area contributed by atoms with Crippen molar-refractivity contribution < 1.29 is 110 Å². The van der Waals surface area contributed by atoms with Gasteiger partial charge in [-0.2, -0.15) is 4.31 Å². The number of hydrogen-bond acceptors (Lipinski definition) is 24. The first-order valence-corrected chi connectivity index (χ1v) is 29.5. The summed E-state index contributed by atoms with van der Waals surface area (Å²) >= 11 is 0.884. The molecule has 2 aliphatic heterocycles. The van der Waals surface area contributed by atoms with Crippen molar-refractivity contribution in [3.63, 3.8) is 0 Å². The molecule has 3 aromatic heterocycles. The molecule has 434 valence electrons. The fourth-order valence-electron chi connectivity index (χ4n) is 8.01. The number of carbonyl (C=O) groups is 4. The molecule has 2 unspecified atom stereocenters. The van der Waals surface area contributed by atoms with E-state index in [1.807, 2.05) is 18.2 Å². The van der Waals surface area contributed by atoms with Crippen molar-refractivity contribution in [3.8, 4) is 0 Å². The van der Waals surface area contributed by atoms with E-state index in [0.717, 1.165) is 34.5 Å². The number of carbonyl (C=O) groups excluding carboxylic acids is 4. The molecule has 6 rings (SSSR count). The van der Waals surface area contributed by atoms with Crippen molar-refractivity contribution in [2.45, 2.75) is 127 Å². The Labute approximate surface area is 448 Å². The Morgan fingerprint density at radius 3 is 2.44 bits per heavy atom. The van der Waals surface area contributed by atoms with Crippen LogP contribution in [0.5, 0.6) is 0 Å². The van der Waals surface area contributed by atoms with Gasteiger partial charge in [-0.25, -0.2) is 33.4 Å². The zero-order valence-electron chi connectivity index (χ0n) is 42.3. The zero-order valence-corrected chi connectivity index (χ0v) is 45.8. The van der Waals surface area contributed by atoms with E-state index in [1.165, 1.54) is 13.8 Å². The monoisotopic (exact) mass is 1180 g/mol. The van der Waals surface area contributed by atoms with Crippen molar-refractivity contribution in [3.05, 3.63) is 48.7 Å². The molecule has 4 aromatic rings. The van der Waals surface area contributed by atoms with Crippen LogP contribution in [0.1, 0.15) is 76.4 Å². The molecule has 13 N–H and O–H groups in total. The van der Waals surface area contributed by atoms with Gasteiger partial charge >= 0.3 is 29.4 Å². The number of hydrogen-bond donors (Lipinski definition) is 12. The minimum absolute atomic E-state index is 0.0131. The lowest BCUT2D eigenvalue weighted by atomic mass is 9.87. The number of rotatable bonds is 28. The summed E-state index contributed by atoms with van der Waals surface area (Å²) in [6, 6.07) is 7.28. The number of thioether (sulfide) groups is 1. The summed E-state index contributed by atoms with van der Waals surface area (Å²) in [6.07, 6.45) is -10.2. The smallest absolute Gasteiger partial charge is 0.456 e. The molecule has 35 heteroatoms. The van der Waals surface area contributed by atoms with E-state index >= 15 is 0 Å². The Hall–Kier alpha value is -4.37. The number of imidazole rings is 1. The average molecular weight is 1180 g/mol. The van der Waals surface area contributed by atoms with E-state index in [-0.39, 0.29) is 66.6 Å². The van der Waals surface area contributed by atoms with Crippen LogP contribution in [0.25, 0.3) is 22.1 Å². The Balaban J connectivity index is 0.825. The number of esters is 1. The molecule has 2 aliphatic rings. The third-order valence-corrected chi connectivity index (χ3v) is 16.2. The number of aliphatic hydroxyl groups is 4. The van der Waals surface area contributed by atoms with Gasteiger partial charge in [0.15, 0.2) is 29.1 Å². The highest BCUT2D eigenvalue weighted by Crippen LogP contribution is 2.61. The summed E-state index contributed by atoms with van der Waals surface area (Å²) in [7, 11) is -16.5. The van der Waals surface area contributed by atoms with E-state index in [1.54, 1.807) is 26.1 Å². The summed E-state index contributed by atoms with van der Waals surface area (Å²) in [6.45, 7) is 3.57. The molecule has 78 heavy (non-hydrogen) atoms. The predicted octanol–water partition coefficient (Wildman–Crippen LogP) is 0.804. The highest BCUT2D eigenvalue weighted by molar-refractivity contribution is 8.13. The van der Waals surface area contributed by atoms with Crippen LogP contribution >= 0.6 is 35.2 Å². The van der Waals surface area contributed by atoms with E-state index in [0.29, 0.717) is 17.4 Å². The van der Waals surface area contributed by atoms with E-state index in [4.69, 9.17) is 33.7 Å². The quantitative estimate of drug-likeness (QED) is 0.0213. The molecule has 0 bridgehead atoms. The standard InChI is InChI=1S/C43H63N8O23P3S/c1-22(69-42-28(53)16-29(23(2)70-42)72-41(59)26-17-47-27-8-6-5-7-25(26)27)9-10-24(52)15-32(55)78-14-13-45-31(54)11-12-46-39(58)36(57)43(3,4)19-68-77(65,66)74-76(63,64)67-18-30-35(73-75(60,61)62)34(56)40(71-30)51-21-50-33-37(44)48-20-49-38(33)51/h5-8,17,20-24,28-30,34-36,40,42,47,52-53,56-57H,9-16,18-19H2,1-4H3,(H,45,54)(H,46,58)(H,63,64)(H,65,66)(H2,44,48,49)(H2,60,61,62)/t22-,23+,24+,28-,29-,30-,34-,35-,36+,40-,42-/m1/s1. The Morgan fingerprint density at radius 2 is 1.71 bits per heavy atom. The van der Waals surface area contributed by atoms with Gasteiger partial charge in [-0.3, -0.25) is 32.5 Å². The summed E-state index contributed by atoms with van der Waals surface area (Å²) in [5.41, 5.74) is 5.33. The minimum Gasteiger partial charge on any atom is -0.456 e. The van der Waals surface area contributed by atoms with Gasteiger partial charge < -0.3 is 80.3 Å². The molecule has 1 aromatic carbocycles. The van der Waals surface area contributed by atoms with Gasteiger partial charge in [-0.05, 0) is 32.8 Å². The molecular formula is C43H63N8O23P3S. The van der Waals surface area contributed by atoms with Crippen LogP contribution in [0.3, 0.4) is 0 Å². The molecule has 0 radical (unpaired) electrons. The number of nitrogens with two attached hydrogens (primary N) is 1. The van der Waals surface area contributed by atoms with E-state index < -0.39 is 127 Å². The number of phosphoric ester groups is 3. The molecule has 0 aliphatic carbocycles. The number of amides is 2. The molecule has 2 saturated heterocycles. The van der Waals surface area contributed by atoms with Gasteiger partial charge in [0.1, 0.15) is 48.5 Å². The second-order valence-electron chi connectivity index (χ2n) is 18.9. The summed E-state index contributed by atoms with van der Waals surface area (Å²) in [4.78, 5) is 105.